The van der Waals surface area contributed by atoms with Crippen LogP contribution >= 0.6 is 0 Å². The number of fused-ring (bicyclic) bond motifs is 1. The van der Waals surface area contributed by atoms with Crippen LogP contribution in [-0.4, -0.2) is 37.5 Å². The zero-order valence-electron chi connectivity index (χ0n) is 26.2. The van der Waals surface area contributed by atoms with Crippen molar-refractivity contribution in [3.8, 4) is 22.6 Å². The molecule has 5 rings (SSSR count). The molecule has 4 aromatic carbocycles. The minimum absolute atomic E-state index is 0.0293. The van der Waals surface area contributed by atoms with E-state index in [9.17, 15) is 23.1 Å². The molecule has 1 aliphatic heterocycles. The van der Waals surface area contributed by atoms with Crippen molar-refractivity contribution in [2.75, 3.05) is 5.32 Å². The summed E-state index contributed by atoms with van der Waals surface area (Å²) in [5.41, 5.74) is 5.17. The maximum atomic E-state index is 13.4. The molecule has 0 aliphatic carbocycles. The van der Waals surface area contributed by atoms with Crippen LogP contribution in [0.5, 0.6) is 11.5 Å². The second-order valence-electron chi connectivity index (χ2n) is 11.7. The molecule has 1 amide bonds. The van der Waals surface area contributed by atoms with Crippen LogP contribution in [0.1, 0.15) is 50.3 Å². The van der Waals surface area contributed by atoms with Crippen molar-refractivity contribution >= 4 is 27.6 Å². The highest BCUT2D eigenvalue weighted by Gasteiger charge is 2.39. The average Bonchev–Trinajstić information content (AvgIpc) is 3.39. The number of nitrogens with one attached hydrogen (secondary N) is 2. The molecule has 9 nitrogen and oxygen atoms in total. The van der Waals surface area contributed by atoms with Gasteiger partial charge in [0.05, 0.1) is 4.90 Å². The second kappa shape index (κ2) is 13.8. The number of ether oxygens (including phenoxy) is 2. The fourth-order valence-corrected chi connectivity index (χ4v) is 6.84. The lowest BCUT2D eigenvalue weighted by atomic mass is 9.93. The molecule has 1 heterocycles. The Morgan fingerprint density at radius 1 is 0.913 bits per heavy atom. The standard InChI is InChI=1S/C36H38N2O7S/c1-5-25-15-20-30-31(34(25)44-21-24-9-7-6-8-10-24)23(4)33(45-30)35(39)37-28-16-11-26(12-17-28)27-13-18-29(19-14-27)46(42,43)38-32(22(2)3)36(40)41/h6-20,22-23,32-33,38H,5,21H2,1-4H3,(H,37,39)(H,40,41)/t23?,32-,33?/m0/s1. The van der Waals surface area contributed by atoms with Gasteiger partial charge in [-0.1, -0.05) is 88.4 Å². The van der Waals surface area contributed by atoms with E-state index in [1.165, 1.54) is 12.1 Å². The van der Waals surface area contributed by atoms with Crippen LogP contribution in [0.2, 0.25) is 0 Å². The van der Waals surface area contributed by atoms with E-state index >= 15 is 0 Å². The highest BCUT2D eigenvalue weighted by molar-refractivity contribution is 7.89. The first-order chi connectivity index (χ1) is 22.0. The van der Waals surface area contributed by atoms with Crippen molar-refractivity contribution < 1.29 is 32.6 Å². The van der Waals surface area contributed by atoms with Gasteiger partial charge in [-0.3, -0.25) is 9.59 Å². The van der Waals surface area contributed by atoms with Crippen LogP contribution in [-0.2, 0) is 32.6 Å². The fourth-order valence-electron chi connectivity index (χ4n) is 5.50. The molecular weight excluding hydrogens is 604 g/mol. The highest BCUT2D eigenvalue weighted by Crippen LogP contribution is 2.46. The molecule has 240 valence electrons. The van der Waals surface area contributed by atoms with E-state index in [0.717, 1.165) is 40.0 Å². The number of hydrogen-bond donors (Lipinski definition) is 3. The number of aliphatic carboxylic acids is 1. The summed E-state index contributed by atoms with van der Waals surface area (Å²) in [7, 11) is -4.02. The SMILES string of the molecule is CCc1ccc2c(c1OCc1ccccc1)C(C)C(C(=O)Nc1ccc(-c3ccc(S(=O)(=O)N[C@H](C(=O)O)C(C)C)cc3)cc1)O2. The molecule has 46 heavy (non-hydrogen) atoms. The Morgan fingerprint density at radius 3 is 2.13 bits per heavy atom. The number of carbonyl (C=O) groups excluding carboxylic acids is 1. The van der Waals surface area contributed by atoms with Crippen molar-refractivity contribution in [3.05, 3.63) is 108 Å². The maximum Gasteiger partial charge on any atom is 0.322 e. The zero-order chi connectivity index (χ0) is 33.0. The van der Waals surface area contributed by atoms with Gasteiger partial charge in [0.25, 0.3) is 5.91 Å². The van der Waals surface area contributed by atoms with Gasteiger partial charge in [-0.2, -0.15) is 4.72 Å². The number of sulfonamides is 1. The van der Waals surface area contributed by atoms with E-state index < -0.39 is 34.1 Å². The first kappa shape index (κ1) is 32.7. The first-order valence-electron chi connectivity index (χ1n) is 15.2. The Labute approximate surface area is 269 Å². The van der Waals surface area contributed by atoms with Crippen molar-refractivity contribution in [2.24, 2.45) is 5.92 Å². The van der Waals surface area contributed by atoms with Crippen LogP contribution in [0.15, 0.2) is 95.9 Å². The number of carboxylic acids is 1. The maximum absolute atomic E-state index is 13.4. The molecule has 0 radical (unpaired) electrons. The van der Waals surface area contributed by atoms with Gasteiger partial charge in [0.2, 0.25) is 10.0 Å². The van der Waals surface area contributed by atoms with E-state index in [1.54, 1.807) is 38.1 Å². The number of carboxylic acid groups (broad SMARTS) is 1. The minimum Gasteiger partial charge on any atom is -0.488 e. The number of benzene rings is 4. The molecule has 4 aromatic rings. The Hall–Kier alpha value is -4.67. The quantitative estimate of drug-likeness (QED) is 0.163. The summed E-state index contributed by atoms with van der Waals surface area (Å²) in [5, 5.41) is 12.3. The molecule has 0 aromatic heterocycles. The zero-order valence-corrected chi connectivity index (χ0v) is 27.0. The van der Waals surface area contributed by atoms with Crippen molar-refractivity contribution in [2.45, 2.75) is 63.7 Å². The molecule has 0 saturated carbocycles. The molecule has 1 aliphatic rings. The summed E-state index contributed by atoms with van der Waals surface area (Å²) in [6.45, 7) is 7.73. The van der Waals surface area contributed by atoms with Crippen LogP contribution in [0.4, 0.5) is 5.69 Å². The van der Waals surface area contributed by atoms with Gasteiger partial charge in [-0.15, -0.1) is 0 Å². The summed E-state index contributed by atoms with van der Waals surface area (Å²) in [4.78, 5) is 24.8. The van der Waals surface area contributed by atoms with E-state index in [4.69, 9.17) is 9.47 Å². The molecule has 0 bridgehead atoms. The number of rotatable bonds is 12. The van der Waals surface area contributed by atoms with E-state index in [1.807, 2.05) is 61.5 Å². The van der Waals surface area contributed by atoms with Crippen LogP contribution in [0, 0.1) is 5.92 Å². The minimum atomic E-state index is -4.02. The topological polar surface area (TPSA) is 131 Å². The number of amides is 1. The van der Waals surface area contributed by atoms with Gasteiger partial charge in [0.15, 0.2) is 6.10 Å². The summed E-state index contributed by atoms with van der Waals surface area (Å²) >= 11 is 0. The predicted molar refractivity (Wildman–Crippen MR) is 177 cm³/mol. The Kier molecular flexibility index (Phi) is 9.79. The molecule has 3 N–H and O–H groups in total. The van der Waals surface area contributed by atoms with Gasteiger partial charge in [0, 0.05) is 17.2 Å². The third-order valence-electron chi connectivity index (χ3n) is 8.13. The summed E-state index contributed by atoms with van der Waals surface area (Å²) < 4.78 is 40.3. The third kappa shape index (κ3) is 7.08. The lowest BCUT2D eigenvalue weighted by Gasteiger charge is -2.18. The van der Waals surface area contributed by atoms with Crippen molar-refractivity contribution in [1.29, 1.82) is 0 Å². The second-order valence-corrected chi connectivity index (χ2v) is 13.4. The molecule has 0 fully saturated rings. The molecule has 0 saturated heterocycles. The average molecular weight is 643 g/mol. The normalized spacial score (nSPS) is 16.4. The lowest BCUT2D eigenvalue weighted by molar-refractivity contribution is -0.140. The van der Waals surface area contributed by atoms with E-state index in [2.05, 4.69) is 17.0 Å². The predicted octanol–water partition coefficient (Wildman–Crippen LogP) is 6.39. The smallest absolute Gasteiger partial charge is 0.322 e. The van der Waals surface area contributed by atoms with E-state index in [0.29, 0.717) is 18.0 Å². The van der Waals surface area contributed by atoms with Gasteiger partial charge in [-0.25, -0.2) is 8.42 Å². The summed E-state index contributed by atoms with van der Waals surface area (Å²) in [5.74, 6) is -0.744. The molecule has 0 spiro atoms. The Balaban J connectivity index is 1.25. The molecule has 2 unspecified atom stereocenters. The van der Waals surface area contributed by atoms with Gasteiger partial charge < -0.3 is 19.9 Å². The van der Waals surface area contributed by atoms with Gasteiger partial charge in [0.1, 0.15) is 24.1 Å². The summed E-state index contributed by atoms with van der Waals surface area (Å²) in [6.07, 6.45) is 0.0481. The van der Waals surface area contributed by atoms with E-state index in [-0.39, 0.29) is 16.7 Å². The number of hydrogen-bond acceptors (Lipinski definition) is 6. The van der Waals surface area contributed by atoms with Crippen molar-refractivity contribution in [3.63, 3.8) is 0 Å². The fraction of sp³-hybridized carbons (Fsp3) is 0.278. The molecule has 10 heteroatoms. The highest BCUT2D eigenvalue weighted by atomic mass is 32.2. The number of carbonyl (C=O) groups is 2. The monoisotopic (exact) mass is 642 g/mol. The molecule has 3 atom stereocenters. The van der Waals surface area contributed by atoms with Crippen LogP contribution < -0.4 is 19.5 Å². The summed E-state index contributed by atoms with van der Waals surface area (Å²) in [6, 6.07) is 26.0. The van der Waals surface area contributed by atoms with Gasteiger partial charge >= 0.3 is 5.97 Å². The van der Waals surface area contributed by atoms with Crippen LogP contribution in [0.3, 0.4) is 0 Å². The Morgan fingerprint density at radius 2 is 1.54 bits per heavy atom. The van der Waals surface area contributed by atoms with Crippen molar-refractivity contribution in [1.82, 2.24) is 4.72 Å². The van der Waals surface area contributed by atoms with Gasteiger partial charge in [-0.05, 0) is 64.9 Å². The number of aryl methyl sites for hydroxylation is 1. The molecular formula is C36H38N2O7S. The van der Waals surface area contributed by atoms with Crippen LogP contribution in [0.25, 0.3) is 11.1 Å². The third-order valence-corrected chi connectivity index (χ3v) is 9.59. The Bertz CT molecular complexity index is 1810. The lowest BCUT2D eigenvalue weighted by Crippen LogP contribution is -2.44. The number of anilines is 1. The largest absolute Gasteiger partial charge is 0.488 e. The first-order valence-corrected chi connectivity index (χ1v) is 16.7.